The Kier molecular flexibility index (Phi) is 6.26. The molecule has 1 amide bonds. The molecule has 154 valence electrons. The van der Waals surface area contributed by atoms with Crippen LogP contribution in [0.4, 0.5) is 24.8 Å². The van der Waals surface area contributed by atoms with E-state index in [0.29, 0.717) is 5.56 Å². The van der Waals surface area contributed by atoms with Gasteiger partial charge < -0.3 is 5.41 Å². The molecule has 0 aliphatic heterocycles. The van der Waals surface area contributed by atoms with E-state index >= 15 is 0 Å². The summed E-state index contributed by atoms with van der Waals surface area (Å²) in [7, 11) is 0. The van der Waals surface area contributed by atoms with Crippen molar-refractivity contribution in [1.29, 1.82) is 5.41 Å². The number of aromatic amines is 1. The Hall–Kier alpha value is -3.53. The molecule has 0 saturated heterocycles. The van der Waals surface area contributed by atoms with Crippen LogP contribution in [0.3, 0.4) is 0 Å². The zero-order valence-corrected chi connectivity index (χ0v) is 15.9. The van der Waals surface area contributed by atoms with E-state index in [2.05, 4.69) is 25.5 Å². The summed E-state index contributed by atoms with van der Waals surface area (Å²) in [6.07, 6.45) is -4.30. The van der Waals surface area contributed by atoms with E-state index in [1.54, 1.807) is 24.3 Å². The number of hydrogen-bond acceptors (Lipinski definition) is 5. The lowest BCUT2D eigenvalue weighted by atomic mass is 10.0. The van der Waals surface area contributed by atoms with Gasteiger partial charge in [0.1, 0.15) is 12.0 Å². The zero-order chi connectivity index (χ0) is 21.7. The van der Waals surface area contributed by atoms with E-state index in [4.69, 9.17) is 17.0 Å². The van der Waals surface area contributed by atoms with Crippen molar-refractivity contribution >= 4 is 40.6 Å². The number of alkyl halides is 3. The van der Waals surface area contributed by atoms with Crippen LogP contribution in [-0.2, 0) is 0 Å². The Balaban J connectivity index is 1.90. The van der Waals surface area contributed by atoms with Crippen molar-refractivity contribution in [3.8, 4) is 0 Å². The number of aromatic nitrogens is 3. The van der Waals surface area contributed by atoms with Gasteiger partial charge in [-0.2, -0.15) is 23.3 Å². The Morgan fingerprint density at radius 3 is 2.40 bits per heavy atom. The van der Waals surface area contributed by atoms with Crippen LogP contribution in [0.25, 0.3) is 0 Å². The number of benzene rings is 2. The minimum atomic E-state index is -4.78. The largest absolute Gasteiger partial charge is 0.429 e. The first-order valence-corrected chi connectivity index (χ1v) is 8.85. The summed E-state index contributed by atoms with van der Waals surface area (Å²) in [4.78, 5) is 20.2. The molecule has 0 aliphatic rings. The molecule has 1 aromatic heterocycles. The molecule has 0 spiro atoms. The van der Waals surface area contributed by atoms with Crippen LogP contribution in [0, 0.1) is 5.41 Å². The van der Waals surface area contributed by atoms with Gasteiger partial charge in [-0.1, -0.05) is 35.9 Å². The fourth-order valence-electron chi connectivity index (χ4n) is 2.42. The Bertz CT molecular complexity index is 1080. The molecule has 0 atom stereocenters. The highest BCUT2D eigenvalue weighted by atomic mass is 35.5. The molecule has 30 heavy (non-hydrogen) atoms. The molecular formula is C19H14ClF3N6O. The van der Waals surface area contributed by atoms with Crippen LogP contribution in [0.1, 0.15) is 22.3 Å². The van der Waals surface area contributed by atoms with Crippen LogP contribution in [0.15, 0.2) is 59.9 Å². The van der Waals surface area contributed by atoms with Crippen molar-refractivity contribution in [2.75, 3.05) is 5.32 Å². The molecule has 0 saturated carbocycles. The number of rotatable bonds is 6. The Morgan fingerprint density at radius 2 is 1.80 bits per heavy atom. The van der Waals surface area contributed by atoms with E-state index in [1.807, 2.05) is 0 Å². The number of nitrogens with one attached hydrogen (secondary N) is 3. The van der Waals surface area contributed by atoms with Crippen LogP contribution in [0.2, 0.25) is 5.02 Å². The second-order valence-corrected chi connectivity index (χ2v) is 6.44. The summed E-state index contributed by atoms with van der Waals surface area (Å²) in [6, 6.07) is 12.2. The van der Waals surface area contributed by atoms with E-state index in [0.717, 1.165) is 0 Å². The van der Waals surface area contributed by atoms with Gasteiger partial charge in [0.2, 0.25) is 5.95 Å². The molecule has 0 bridgehead atoms. The highest BCUT2D eigenvalue weighted by Crippen LogP contribution is 2.27. The zero-order valence-electron chi connectivity index (χ0n) is 15.2. The van der Waals surface area contributed by atoms with Gasteiger partial charge in [0.05, 0.1) is 16.4 Å². The fourth-order valence-corrected chi connectivity index (χ4v) is 2.60. The van der Waals surface area contributed by atoms with Crippen molar-refractivity contribution in [3.63, 3.8) is 0 Å². The average Bonchev–Trinajstić information content (AvgIpc) is 3.21. The molecule has 1 heterocycles. The lowest BCUT2D eigenvalue weighted by Crippen LogP contribution is -2.25. The van der Waals surface area contributed by atoms with Gasteiger partial charge >= 0.3 is 6.18 Å². The van der Waals surface area contributed by atoms with Gasteiger partial charge in [0, 0.05) is 12.0 Å². The van der Waals surface area contributed by atoms with Crippen LogP contribution >= 0.6 is 11.6 Å². The number of nitrogens with zero attached hydrogens (tertiary/aromatic N) is 3. The number of amides is 1. The lowest BCUT2D eigenvalue weighted by molar-refractivity contribution is -0.0605. The summed E-state index contributed by atoms with van der Waals surface area (Å²) >= 11 is 6.07. The summed E-state index contributed by atoms with van der Waals surface area (Å²) in [5.41, 5.74) is -0.609. The molecule has 11 heteroatoms. The molecular weight excluding hydrogens is 421 g/mol. The highest BCUT2D eigenvalue weighted by Gasteiger charge is 2.35. The lowest BCUT2D eigenvalue weighted by Gasteiger charge is -2.12. The summed E-state index contributed by atoms with van der Waals surface area (Å²) in [5.74, 6) is -0.324. The number of H-pyrrole nitrogens is 1. The normalized spacial score (nSPS) is 11.9. The number of halogens is 4. The number of anilines is 1. The Labute approximate surface area is 173 Å². The van der Waals surface area contributed by atoms with Gasteiger partial charge in [-0.25, -0.2) is 5.10 Å². The smallest absolute Gasteiger partial charge is 0.300 e. The number of carbonyl (C=O) groups excluding carboxylic acids is 1. The van der Waals surface area contributed by atoms with Crippen molar-refractivity contribution < 1.29 is 18.0 Å². The molecule has 3 rings (SSSR count). The molecule has 2 aromatic carbocycles. The number of aliphatic imine (C=N–C) groups is 1. The van der Waals surface area contributed by atoms with Crippen molar-refractivity contribution in [3.05, 3.63) is 71.0 Å². The summed E-state index contributed by atoms with van der Waals surface area (Å²) in [5, 5.41) is 16.2. The van der Waals surface area contributed by atoms with Gasteiger partial charge in [0.25, 0.3) is 5.91 Å². The third kappa shape index (κ3) is 5.29. The van der Waals surface area contributed by atoms with E-state index in [1.165, 1.54) is 30.6 Å². The van der Waals surface area contributed by atoms with E-state index in [-0.39, 0.29) is 27.9 Å². The fraction of sp³-hybridized carbons (Fsp3) is 0.105. The molecule has 7 nitrogen and oxygen atoms in total. The predicted octanol–water partition coefficient (Wildman–Crippen LogP) is 4.80. The summed E-state index contributed by atoms with van der Waals surface area (Å²) < 4.78 is 38.8. The number of carbonyl (C=O) groups is 1. The minimum absolute atomic E-state index is 0.00684. The number of para-hydroxylation sites is 1. The highest BCUT2D eigenvalue weighted by molar-refractivity contribution is 6.33. The van der Waals surface area contributed by atoms with Crippen molar-refractivity contribution in [1.82, 2.24) is 15.2 Å². The van der Waals surface area contributed by atoms with Crippen LogP contribution in [-0.4, -0.2) is 38.7 Å². The SMILES string of the molecule is N=C(CC(=Nc1ccccc1Cl)c1ccc(C(=O)Nc2ncn[nH]2)cc1)C(F)(F)F. The third-order valence-electron chi connectivity index (χ3n) is 3.92. The van der Waals surface area contributed by atoms with Gasteiger partial charge in [-0.05, 0) is 29.8 Å². The molecule has 3 aromatic rings. The first-order chi connectivity index (χ1) is 14.2. The second kappa shape index (κ2) is 8.87. The number of hydrogen-bond donors (Lipinski definition) is 3. The quantitative estimate of drug-likeness (QED) is 0.485. The van der Waals surface area contributed by atoms with E-state index in [9.17, 15) is 18.0 Å². The maximum absolute atomic E-state index is 12.9. The molecule has 0 aliphatic carbocycles. The topological polar surface area (TPSA) is 107 Å². The van der Waals surface area contributed by atoms with Gasteiger partial charge in [0.15, 0.2) is 0 Å². The molecule has 0 radical (unpaired) electrons. The van der Waals surface area contributed by atoms with Crippen molar-refractivity contribution in [2.24, 2.45) is 4.99 Å². The predicted molar refractivity (Wildman–Crippen MR) is 107 cm³/mol. The van der Waals surface area contributed by atoms with Crippen LogP contribution in [0.5, 0.6) is 0 Å². The Morgan fingerprint density at radius 1 is 1.13 bits per heavy atom. The molecule has 0 unspecified atom stereocenters. The van der Waals surface area contributed by atoms with Gasteiger partial charge in [-0.15, -0.1) is 0 Å². The first-order valence-electron chi connectivity index (χ1n) is 8.48. The average molecular weight is 435 g/mol. The molecule has 0 fully saturated rings. The van der Waals surface area contributed by atoms with Gasteiger partial charge in [-0.3, -0.25) is 15.1 Å². The standard InChI is InChI=1S/C19H14ClF3N6O/c20-13-3-1-2-4-14(13)27-15(9-16(24)19(21,22)23)11-5-7-12(8-6-11)17(30)28-18-25-10-26-29-18/h1-8,10,24H,9H2,(H2,25,26,28,29,30). The van der Waals surface area contributed by atoms with Crippen molar-refractivity contribution in [2.45, 2.75) is 12.6 Å². The first kappa shape index (κ1) is 21.2. The molecule has 3 N–H and O–H groups in total. The monoisotopic (exact) mass is 434 g/mol. The summed E-state index contributed by atoms with van der Waals surface area (Å²) in [6.45, 7) is 0. The maximum Gasteiger partial charge on any atom is 0.429 e. The third-order valence-corrected chi connectivity index (χ3v) is 4.24. The van der Waals surface area contributed by atoms with Crippen LogP contribution < -0.4 is 5.32 Å². The minimum Gasteiger partial charge on any atom is -0.300 e. The van der Waals surface area contributed by atoms with E-state index < -0.39 is 24.2 Å². The second-order valence-electron chi connectivity index (χ2n) is 6.03. The maximum atomic E-state index is 12.9.